The lowest BCUT2D eigenvalue weighted by Crippen LogP contribution is -2.18. The molecule has 7 heteroatoms. The second-order valence-corrected chi connectivity index (χ2v) is 4.82. The summed E-state index contributed by atoms with van der Waals surface area (Å²) < 4.78 is 0. The number of Topliss-reactive ketones (excluding diaryl/α,β-unsaturated/α-hetero) is 2. The van der Waals surface area contributed by atoms with Gasteiger partial charge in [-0.3, -0.25) is 19.7 Å². The lowest BCUT2D eigenvalue weighted by atomic mass is 10.1. The van der Waals surface area contributed by atoms with Gasteiger partial charge in [0.25, 0.3) is 5.78 Å². The SMILES string of the molecule is O=C(Cc1cc(Cc2ccncc2)c[nH]1)C(=O)c1nc[nH]n1. The van der Waals surface area contributed by atoms with E-state index in [1.165, 1.54) is 6.33 Å². The first-order valence-corrected chi connectivity index (χ1v) is 6.71. The molecule has 3 rings (SSSR count). The molecule has 110 valence electrons. The standard InChI is InChI=1S/C15H13N5O2/c21-13(14(22)15-18-9-19-20-15)7-12-6-11(8-17-12)5-10-1-3-16-4-2-10/h1-4,6,8-9,17H,5,7H2,(H,18,19,20). The zero-order valence-electron chi connectivity index (χ0n) is 11.6. The van der Waals surface area contributed by atoms with E-state index < -0.39 is 11.6 Å². The maximum absolute atomic E-state index is 11.9. The third-order valence-corrected chi connectivity index (χ3v) is 3.18. The van der Waals surface area contributed by atoms with E-state index in [0.717, 1.165) is 17.5 Å². The minimum absolute atomic E-state index is 0.00369. The molecule has 0 fully saturated rings. The van der Waals surface area contributed by atoms with Gasteiger partial charge in [0.1, 0.15) is 6.33 Å². The first-order valence-electron chi connectivity index (χ1n) is 6.71. The number of nitrogens with one attached hydrogen (secondary N) is 2. The summed E-state index contributed by atoms with van der Waals surface area (Å²) in [4.78, 5) is 34.4. The second-order valence-electron chi connectivity index (χ2n) is 4.82. The fourth-order valence-corrected chi connectivity index (χ4v) is 2.13. The number of nitrogens with zero attached hydrogens (tertiary/aromatic N) is 3. The van der Waals surface area contributed by atoms with Gasteiger partial charge in [0.05, 0.1) is 6.42 Å². The van der Waals surface area contributed by atoms with Crippen LogP contribution in [0, 0.1) is 0 Å². The maximum Gasteiger partial charge on any atom is 0.267 e. The van der Waals surface area contributed by atoms with E-state index in [-0.39, 0.29) is 12.2 Å². The first-order chi connectivity index (χ1) is 10.7. The van der Waals surface area contributed by atoms with E-state index in [1.54, 1.807) is 12.4 Å². The molecule has 3 aromatic rings. The van der Waals surface area contributed by atoms with Crippen LogP contribution in [0.2, 0.25) is 0 Å². The van der Waals surface area contributed by atoms with E-state index in [0.29, 0.717) is 5.69 Å². The predicted octanol–water partition coefficient (Wildman–Crippen LogP) is 1.11. The van der Waals surface area contributed by atoms with Crippen LogP contribution in [0.5, 0.6) is 0 Å². The van der Waals surface area contributed by atoms with Crippen molar-refractivity contribution in [2.75, 3.05) is 0 Å². The Hall–Kier alpha value is -3.09. The van der Waals surface area contributed by atoms with Crippen molar-refractivity contribution in [2.45, 2.75) is 12.8 Å². The molecule has 3 aromatic heterocycles. The van der Waals surface area contributed by atoms with Crippen LogP contribution in [0.4, 0.5) is 0 Å². The second kappa shape index (κ2) is 6.13. The lowest BCUT2D eigenvalue weighted by Gasteiger charge is -1.97. The molecule has 0 aliphatic rings. The van der Waals surface area contributed by atoms with Crippen LogP contribution in [-0.2, 0) is 17.6 Å². The summed E-state index contributed by atoms with van der Waals surface area (Å²) >= 11 is 0. The summed E-state index contributed by atoms with van der Waals surface area (Å²) in [6, 6.07) is 5.75. The molecule has 0 unspecified atom stereocenters. The predicted molar refractivity (Wildman–Crippen MR) is 77.3 cm³/mol. The summed E-state index contributed by atoms with van der Waals surface area (Å²) in [6.45, 7) is 0. The molecular weight excluding hydrogens is 282 g/mol. The van der Waals surface area contributed by atoms with Crippen LogP contribution >= 0.6 is 0 Å². The highest BCUT2D eigenvalue weighted by atomic mass is 16.2. The van der Waals surface area contributed by atoms with Crippen LogP contribution in [-0.4, -0.2) is 36.7 Å². The third kappa shape index (κ3) is 3.14. The lowest BCUT2D eigenvalue weighted by molar-refractivity contribution is -0.114. The largest absolute Gasteiger partial charge is 0.364 e. The molecule has 0 aromatic carbocycles. The summed E-state index contributed by atoms with van der Waals surface area (Å²) in [5, 5.41) is 6.03. The molecule has 0 aliphatic carbocycles. The van der Waals surface area contributed by atoms with Crippen LogP contribution in [0.1, 0.15) is 27.4 Å². The molecule has 0 aliphatic heterocycles. The Morgan fingerprint density at radius 2 is 1.95 bits per heavy atom. The van der Waals surface area contributed by atoms with Gasteiger partial charge in [-0.05, 0) is 35.7 Å². The van der Waals surface area contributed by atoms with Crippen molar-refractivity contribution in [1.29, 1.82) is 0 Å². The molecule has 0 saturated carbocycles. The van der Waals surface area contributed by atoms with Gasteiger partial charge < -0.3 is 4.98 Å². The minimum atomic E-state index is -0.688. The van der Waals surface area contributed by atoms with Crippen LogP contribution in [0.15, 0.2) is 43.1 Å². The topological polar surface area (TPSA) is 104 Å². The molecular formula is C15H13N5O2. The highest BCUT2D eigenvalue weighted by molar-refractivity contribution is 6.43. The molecule has 0 radical (unpaired) electrons. The molecule has 0 spiro atoms. The summed E-state index contributed by atoms with van der Waals surface area (Å²) in [6.07, 6.45) is 7.32. The molecule has 0 saturated heterocycles. The maximum atomic E-state index is 11.9. The van der Waals surface area contributed by atoms with Crippen molar-refractivity contribution in [2.24, 2.45) is 0 Å². The highest BCUT2D eigenvalue weighted by Gasteiger charge is 2.20. The van der Waals surface area contributed by atoms with E-state index in [1.807, 2.05) is 24.4 Å². The van der Waals surface area contributed by atoms with Gasteiger partial charge in [-0.15, -0.1) is 5.10 Å². The number of H-pyrrole nitrogens is 2. The van der Waals surface area contributed by atoms with Gasteiger partial charge in [0.15, 0.2) is 0 Å². The minimum Gasteiger partial charge on any atom is -0.364 e. The van der Waals surface area contributed by atoms with Crippen molar-refractivity contribution in [1.82, 2.24) is 25.1 Å². The van der Waals surface area contributed by atoms with Gasteiger partial charge in [0.2, 0.25) is 11.6 Å². The molecule has 0 atom stereocenters. The quantitative estimate of drug-likeness (QED) is 0.523. The Bertz CT molecular complexity index is 777. The smallest absolute Gasteiger partial charge is 0.267 e. The van der Waals surface area contributed by atoms with Gasteiger partial charge in [-0.1, -0.05) is 0 Å². The van der Waals surface area contributed by atoms with E-state index in [2.05, 4.69) is 25.1 Å². The average Bonchev–Trinajstić information content (AvgIpc) is 3.19. The van der Waals surface area contributed by atoms with Crippen molar-refractivity contribution in [3.8, 4) is 0 Å². The van der Waals surface area contributed by atoms with E-state index >= 15 is 0 Å². The zero-order chi connectivity index (χ0) is 15.4. The Labute approximate surface area is 125 Å². The van der Waals surface area contributed by atoms with Crippen molar-refractivity contribution >= 4 is 11.6 Å². The molecule has 2 N–H and O–H groups in total. The number of hydrogen-bond donors (Lipinski definition) is 2. The molecule has 0 bridgehead atoms. The van der Waals surface area contributed by atoms with Crippen molar-refractivity contribution < 1.29 is 9.59 Å². The number of carbonyl (C=O) groups excluding carboxylic acids is 2. The van der Waals surface area contributed by atoms with Gasteiger partial charge >= 0.3 is 0 Å². The summed E-state index contributed by atoms with van der Waals surface area (Å²) in [5.41, 5.74) is 2.86. The Morgan fingerprint density at radius 1 is 1.14 bits per heavy atom. The Kier molecular flexibility index (Phi) is 3.86. The number of pyridine rings is 1. The summed E-state index contributed by atoms with van der Waals surface area (Å²) in [5.74, 6) is -1.34. The number of ketones is 2. The fourth-order valence-electron chi connectivity index (χ4n) is 2.13. The van der Waals surface area contributed by atoms with Crippen molar-refractivity contribution in [3.63, 3.8) is 0 Å². The van der Waals surface area contributed by atoms with E-state index in [9.17, 15) is 9.59 Å². The number of aromatic amines is 2. The average molecular weight is 295 g/mol. The number of carbonyl (C=O) groups is 2. The van der Waals surface area contributed by atoms with Gasteiger partial charge in [0, 0.05) is 24.3 Å². The van der Waals surface area contributed by atoms with Gasteiger partial charge in [-0.25, -0.2) is 4.98 Å². The third-order valence-electron chi connectivity index (χ3n) is 3.18. The Balaban J connectivity index is 1.64. The fraction of sp³-hybridized carbons (Fsp3) is 0.133. The monoisotopic (exact) mass is 295 g/mol. The first kappa shape index (κ1) is 13.9. The Morgan fingerprint density at radius 3 is 2.68 bits per heavy atom. The molecule has 7 nitrogen and oxygen atoms in total. The van der Waals surface area contributed by atoms with E-state index in [4.69, 9.17) is 0 Å². The van der Waals surface area contributed by atoms with Gasteiger partial charge in [-0.2, -0.15) is 0 Å². The normalized spacial score (nSPS) is 10.5. The molecule has 3 heterocycles. The molecule has 0 amide bonds. The molecule has 22 heavy (non-hydrogen) atoms. The summed E-state index contributed by atoms with van der Waals surface area (Å²) in [7, 11) is 0. The van der Waals surface area contributed by atoms with Crippen molar-refractivity contribution in [3.05, 3.63) is 65.8 Å². The number of rotatable bonds is 6. The van der Waals surface area contributed by atoms with Crippen LogP contribution in [0.25, 0.3) is 0 Å². The highest BCUT2D eigenvalue weighted by Crippen LogP contribution is 2.11. The van der Waals surface area contributed by atoms with Crippen LogP contribution < -0.4 is 0 Å². The van der Waals surface area contributed by atoms with Crippen LogP contribution in [0.3, 0.4) is 0 Å². The number of aromatic nitrogens is 5. The number of hydrogen-bond acceptors (Lipinski definition) is 5. The zero-order valence-corrected chi connectivity index (χ0v) is 11.6.